The van der Waals surface area contributed by atoms with Gasteiger partial charge >= 0.3 is 5.97 Å². The summed E-state index contributed by atoms with van der Waals surface area (Å²) in [6.07, 6.45) is 52.9. The third-order valence-electron chi connectivity index (χ3n) is 8.38. The average molecular weight is 802 g/mol. The van der Waals surface area contributed by atoms with Crippen LogP contribution in [0.4, 0.5) is 0 Å². The molecule has 0 aromatic heterocycles. The second-order valence-electron chi connectivity index (χ2n) is 15.0. The van der Waals surface area contributed by atoms with Gasteiger partial charge in [0.1, 0.15) is 19.3 Å². The molecule has 0 amide bonds. The first-order valence-corrected chi connectivity index (χ1v) is 22.9. The van der Waals surface area contributed by atoms with Crippen molar-refractivity contribution >= 4 is 13.8 Å². The zero-order chi connectivity index (χ0) is 41.3. The number of esters is 1. The lowest BCUT2D eigenvalue weighted by Crippen LogP contribution is -2.37. The molecule has 0 aromatic carbocycles. The van der Waals surface area contributed by atoms with Gasteiger partial charge in [-0.25, -0.2) is 0 Å². The van der Waals surface area contributed by atoms with Crippen LogP contribution in [-0.4, -0.2) is 70.7 Å². The summed E-state index contributed by atoms with van der Waals surface area (Å²) in [7, 11) is 1.28. The van der Waals surface area contributed by atoms with Crippen molar-refractivity contribution in [3.05, 3.63) is 97.2 Å². The van der Waals surface area contributed by atoms with Crippen LogP contribution in [0.25, 0.3) is 0 Å². The van der Waals surface area contributed by atoms with Crippen molar-refractivity contribution in [2.24, 2.45) is 0 Å². The molecule has 0 spiro atoms. The third kappa shape index (κ3) is 42.6. The molecule has 0 saturated carbocycles. The second-order valence-corrected chi connectivity index (χ2v) is 16.4. The summed E-state index contributed by atoms with van der Waals surface area (Å²) in [5, 5.41) is 0. The van der Waals surface area contributed by atoms with Crippen LogP contribution in [0.1, 0.15) is 136 Å². The highest BCUT2D eigenvalue weighted by molar-refractivity contribution is 7.45. The molecule has 2 unspecified atom stereocenters. The number of rotatable bonds is 38. The molecular formula is C47H80NO7P. The molecule has 56 heavy (non-hydrogen) atoms. The Morgan fingerprint density at radius 3 is 1.55 bits per heavy atom. The molecule has 2 atom stereocenters. The Balaban J connectivity index is 4.43. The van der Waals surface area contributed by atoms with Crippen LogP contribution in [0.5, 0.6) is 0 Å². The Hall–Kier alpha value is -2.58. The summed E-state index contributed by atoms with van der Waals surface area (Å²) in [6, 6.07) is 0. The number of carbonyl (C=O) groups is 1. The number of carbonyl (C=O) groups excluding carboxylic acids is 1. The van der Waals surface area contributed by atoms with E-state index in [0.717, 1.165) is 70.6 Å². The minimum absolute atomic E-state index is 0.00464. The van der Waals surface area contributed by atoms with E-state index in [1.54, 1.807) is 0 Å². The number of allylic oxidation sites excluding steroid dienone is 16. The van der Waals surface area contributed by atoms with Gasteiger partial charge in [0.15, 0.2) is 0 Å². The van der Waals surface area contributed by atoms with Gasteiger partial charge in [-0.15, -0.1) is 0 Å². The largest absolute Gasteiger partial charge is 0.756 e. The predicted molar refractivity (Wildman–Crippen MR) is 235 cm³/mol. The van der Waals surface area contributed by atoms with Gasteiger partial charge in [-0.05, 0) is 77.0 Å². The van der Waals surface area contributed by atoms with Crippen LogP contribution in [0, 0.1) is 0 Å². The van der Waals surface area contributed by atoms with Gasteiger partial charge < -0.3 is 27.9 Å². The molecule has 0 N–H and O–H groups in total. The van der Waals surface area contributed by atoms with Crippen molar-refractivity contribution in [1.82, 2.24) is 0 Å². The minimum Gasteiger partial charge on any atom is -0.756 e. The highest BCUT2D eigenvalue weighted by Gasteiger charge is 2.20. The average Bonchev–Trinajstić information content (AvgIpc) is 3.15. The van der Waals surface area contributed by atoms with E-state index in [4.69, 9.17) is 18.5 Å². The van der Waals surface area contributed by atoms with Crippen molar-refractivity contribution in [3.8, 4) is 0 Å². The number of phosphoric ester groups is 1. The van der Waals surface area contributed by atoms with E-state index < -0.39 is 19.9 Å². The van der Waals surface area contributed by atoms with Gasteiger partial charge in [0, 0.05) is 13.0 Å². The maximum atomic E-state index is 12.6. The zero-order valence-electron chi connectivity index (χ0n) is 36.0. The molecule has 0 aliphatic carbocycles. The third-order valence-corrected chi connectivity index (χ3v) is 9.35. The quantitative estimate of drug-likeness (QED) is 0.0202. The van der Waals surface area contributed by atoms with Crippen LogP contribution >= 0.6 is 7.82 Å². The summed E-state index contributed by atoms with van der Waals surface area (Å²) in [4.78, 5) is 25.0. The van der Waals surface area contributed by atoms with Crippen LogP contribution in [-0.2, 0) is 27.9 Å². The van der Waals surface area contributed by atoms with Crippen LogP contribution < -0.4 is 4.89 Å². The number of quaternary nitrogens is 1. The van der Waals surface area contributed by atoms with Crippen molar-refractivity contribution < 1.29 is 37.3 Å². The Kier molecular flexibility index (Phi) is 37.4. The molecule has 0 saturated heterocycles. The molecule has 0 heterocycles. The Labute approximate surface area is 343 Å². The molecule has 320 valence electrons. The summed E-state index contributed by atoms with van der Waals surface area (Å²) in [6.45, 7) is 5.09. The lowest BCUT2D eigenvalue weighted by molar-refractivity contribution is -0.870. The smallest absolute Gasteiger partial charge is 0.306 e. The molecular weight excluding hydrogens is 721 g/mol. The summed E-state index contributed by atoms with van der Waals surface area (Å²) in [5.74, 6) is -0.424. The van der Waals surface area contributed by atoms with Crippen molar-refractivity contribution in [3.63, 3.8) is 0 Å². The number of likely N-dealkylation sites (N-methyl/N-ethyl adjacent to an activating group) is 1. The monoisotopic (exact) mass is 802 g/mol. The normalized spacial score (nSPS) is 14.8. The zero-order valence-corrected chi connectivity index (χ0v) is 36.9. The fourth-order valence-corrected chi connectivity index (χ4v) is 5.79. The van der Waals surface area contributed by atoms with Crippen LogP contribution in [0.3, 0.4) is 0 Å². The first-order chi connectivity index (χ1) is 27.1. The molecule has 0 bridgehead atoms. The molecule has 0 aliphatic rings. The van der Waals surface area contributed by atoms with E-state index in [2.05, 4.69) is 98.9 Å². The molecule has 0 radical (unpaired) electrons. The SMILES string of the molecule is CC/C=C\C/C=C\C/C=C\C/C=C\C/C=C\C/C=C\CCC(=O)OC(COCCCCCCCC/C=C\C/C=C\CCCC)COP(=O)([O-])OCC[N+](C)(C)C. The second kappa shape index (κ2) is 39.3. The Morgan fingerprint density at radius 1 is 0.571 bits per heavy atom. The molecule has 8 nitrogen and oxygen atoms in total. The summed E-state index contributed by atoms with van der Waals surface area (Å²) in [5.41, 5.74) is 0. The summed E-state index contributed by atoms with van der Waals surface area (Å²) < 4.78 is 34.4. The van der Waals surface area contributed by atoms with Crippen LogP contribution in [0.2, 0.25) is 0 Å². The van der Waals surface area contributed by atoms with E-state index in [9.17, 15) is 14.3 Å². The molecule has 0 fully saturated rings. The van der Waals surface area contributed by atoms with Crippen LogP contribution in [0.15, 0.2) is 97.2 Å². The van der Waals surface area contributed by atoms with Crippen molar-refractivity contribution in [2.75, 3.05) is 54.1 Å². The van der Waals surface area contributed by atoms with Crippen molar-refractivity contribution in [1.29, 1.82) is 0 Å². The Bertz CT molecular complexity index is 1210. The molecule has 0 aliphatic heterocycles. The van der Waals surface area contributed by atoms with E-state index in [1.165, 1.54) is 38.5 Å². The van der Waals surface area contributed by atoms with E-state index in [0.29, 0.717) is 24.1 Å². The fraction of sp³-hybridized carbons (Fsp3) is 0.638. The number of hydrogen-bond acceptors (Lipinski definition) is 7. The lowest BCUT2D eigenvalue weighted by Gasteiger charge is -2.28. The number of unbranched alkanes of at least 4 members (excludes halogenated alkanes) is 8. The van der Waals surface area contributed by atoms with E-state index in [-0.39, 0.29) is 26.2 Å². The first kappa shape index (κ1) is 53.4. The van der Waals surface area contributed by atoms with Crippen molar-refractivity contribution in [2.45, 2.75) is 142 Å². The maximum Gasteiger partial charge on any atom is 0.306 e. The molecule has 0 rings (SSSR count). The van der Waals surface area contributed by atoms with E-state index in [1.807, 2.05) is 33.3 Å². The Morgan fingerprint density at radius 2 is 1.04 bits per heavy atom. The van der Waals surface area contributed by atoms with Gasteiger partial charge in [-0.2, -0.15) is 0 Å². The highest BCUT2D eigenvalue weighted by Crippen LogP contribution is 2.38. The number of ether oxygens (including phenoxy) is 2. The van der Waals surface area contributed by atoms with Gasteiger partial charge in [0.05, 0.1) is 34.4 Å². The van der Waals surface area contributed by atoms with Gasteiger partial charge in [0.2, 0.25) is 0 Å². The first-order valence-electron chi connectivity index (χ1n) is 21.5. The van der Waals surface area contributed by atoms with E-state index >= 15 is 0 Å². The predicted octanol–water partition coefficient (Wildman–Crippen LogP) is 12.0. The summed E-state index contributed by atoms with van der Waals surface area (Å²) >= 11 is 0. The van der Waals surface area contributed by atoms with Gasteiger partial charge in [0.25, 0.3) is 7.82 Å². The number of hydrogen-bond donors (Lipinski definition) is 0. The topological polar surface area (TPSA) is 94.1 Å². The highest BCUT2D eigenvalue weighted by atomic mass is 31.2. The lowest BCUT2D eigenvalue weighted by atomic mass is 10.1. The standard InChI is InChI=1S/C47H80NO7P/c1-6-8-10-12-14-16-18-20-22-23-24-25-26-28-30-32-34-36-38-40-47(49)55-46(45-54-56(50,51)53-43-41-48(3,4)5)44-52-42-39-37-35-33-31-29-27-21-19-17-15-13-11-9-7-2/h8,10,13-16,19-22,24-25,28,30,34,36,46H,6-7,9,11-12,17-18,23,26-27,29,31-33,35,37-45H2,1-5H3/b10-8-,15-13-,16-14-,21-19-,22-20-,25-24-,30-28-,36-34-. The molecule has 9 heteroatoms. The molecule has 0 aromatic rings. The number of nitrogens with zero attached hydrogens (tertiary/aromatic N) is 1. The fourth-order valence-electron chi connectivity index (χ4n) is 5.06. The van der Waals surface area contributed by atoms with Gasteiger partial charge in [-0.1, -0.05) is 150 Å². The maximum absolute atomic E-state index is 12.6. The number of phosphoric acid groups is 1. The van der Waals surface area contributed by atoms with Gasteiger partial charge in [-0.3, -0.25) is 9.36 Å². The minimum atomic E-state index is -4.55.